The molecule has 2 aromatic carbocycles. The van der Waals surface area contributed by atoms with Crippen molar-refractivity contribution >= 4 is 11.6 Å². The number of aromatic nitrogens is 2. The van der Waals surface area contributed by atoms with Crippen molar-refractivity contribution in [2.45, 2.75) is 19.9 Å². The van der Waals surface area contributed by atoms with Gasteiger partial charge in [0.05, 0.1) is 19.9 Å². The molecule has 0 bridgehead atoms. The Morgan fingerprint density at radius 1 is 1.16 bits per heavy atom. The number of hydrogen-bond donors (Lipinski definition) is 2. The van der Waals surface area contributed by atoms with Crippen LogP contribution in [0.25, 0.3) is 11.4 Å². The van der Waals surface area contributed by atoms with E-state index >= 15 is 0 Å². The Hall–Kier alpha value is -3.72. The van der Waals surface area contributed by atoms with Crippen LogP contribution in [0.2, 0.25) is 0 Å². The first-order valence-corrected chi connectivity index (χ1v) is 9.87. The maximum Gasteiger partial charge on any atom is 0.257 e. The van der Waals surface area contributed by atoms with Crippen molar-refractivity contribution in [3.63, 3.8) is 0 Å². The molecule has 0 aliphatic carbocycles. The number of aryl methyl sites for hydroxylation is 1. The van der Waals surface area contributed by atoms with Crippen LogP contribution >= 0.6 is 0 Å². The van der Waals surface area contributed by atoms with Crippen molar-refractivity contribution < 1.29 is 23.8 Å². The lowest BCUT2D eigenvalue weighted by atomic mass is 10.1. The summed E-state index contributed by atoms with van der Waals surface area (Å²) in [4.78, 5) is 30.5. The minimum absolute atomic E-state index is 0.104. The second-order valence-corrected chi connectivity index (χ2v) is 6.99. The topological polar surface area (TPSA) is 103 Å². The molecule has 0 aliphatic rings. The van der Waals surface area contributed by atoms with Crippen molar-refractivity contribution in [2.24, 2.45) is 0 Å². The zero-order chi connectivity index (χ0) is 23.3. The predicted molar refractivity (Wildman–Crippen MR) is 118 cm³/mol. The largest absolute Gasteiger partial charge is 0.497 e. The molecule has 0 radical (unpaired) electrons. The van der Waals surface area contributed by atoms with Gasteiger partial charge in [-0.2, -0.15) is 0 Å². The minimum atomic E-state index is -0.498. The number of rotatable bonds is 8. The van der Waals surface area contributed by atoms with Crippen LogP contribution in [0.4, 0.5) is 10.1 Å². The van der Waals surface area contributed by atoms with Gasteiger partial charge in [-0.1, -0.05) is 0 Å². The van der Waals surface area contributed by atoms with Crippen LogP contribution in [0.1, 0.15) is 11.3 Å². The van der Waals surface area contributed by atoms with Crippen LogP contribution in [-0.2, 0) is 17.8 Å². The number of nitrogens with zero attached hydrogens (tertiary/aromatic N) is 2. The third kappa shape index (κ3) is 4.94. The number of halogens is 1. The quantitative estimate of drug-likeness (QED) is 0.557. The van der Waals surface area contributed by atoms with Crippen LogP contribution in [0.3, 0.4) is 0 Å². The molecule has 0 saturated carbocycles. The zero-order valence-corrected chi connectivity index (χ0v) is 18.0. The van der Waals surface area contributed by atoms with Crippen LogP contribution in [0, 0.1) is 12.7 Å². The first kappa shape index (κ1) is 23.0. The number of methoxy groups -OCH3 is 2. The van der Waals surface area contributed by atoms with Gasteiger partial charge in [0, 0.05) is 35.9 Å². The number of hydrogen-bond acceptors (Lipinski definition) is 6. The summed E-state index contributed by atoms with van der Waals surface area (Å²) in [5.41, 5.74) is 1.16. The van der Waals surface area contributed by atoms with E-state index in [-0.39, 0.29) is 25.4 Å². The highest BCUT2D eigenvalue weighted by atomic mass is 19.1. The summed E-state index contributed by atoms with van der Waals surface area (Å²) in [5, 5.41) is 12.1. The Kier molecular flexibility index (Phi) is 7.21. The maximum absolute atomic E-state index is 13.4. The highest BCUT2D eigenvalue weighted by Gasteiger charge is 2.19. The molecule has 0 spiro atoms. The molecule has 1 amide bonds. The highest BCUT2D eigenvalue weighted by Crippen LogP contribution is 2.29. The average Bonchev–Trinajstić information content (AvgIpc) is 2.79. The molecule has 1 aromatic heterocycles. The number of ether oxygens (including phenoxy) is 2. The molecule has 0 unspecified atom stereocenters. The lowest BCUT2D eigenvalue weighted by molar-refractivity contribution is -0.116. The van der Waals surface area contributed by atoms with E-state index in [1.807, 2.05) is 0 Å². The molecule has 0 fully saturated rings. The van der Waals surface area contributed by atoms with Crippen LogP contribution < -0.4 is 20.3 Å². The average molecular weight is 441 g/mol. The normalized spacial score (nSPS) is 10.7. The highest BCUT2D eigenvalue weighted by molar-refractivity contribution is 5.92. The van der Waals surface area contributed by atoms with E-state index in [4.69, 9.17) is 9.47 Å². The molecule has 3 aromatic rings. The number of nitrogens with one attached hydrogen (secondary N) is 1. The maximum atomic E-state index is 13.4. The van der Waals surface area contributed by atoms with Gasteiger partial charge in [-0.25, -0.2) is 9.37 Å². The third-order valence-corrected chi connectivity index (χ3v) is 4.92. The van der Waals surface area contributed by atoms with Gasteiger partial charge in [-0.3, -0.25) is 14.2 Å². The first-order valence-electron chi connectivity index (χ1n) is 9.87. The smallest absolute Gasteiger partial charge is 0.257 e. The lowest BCUT2D eigenvalue weighted by Crippen LogP contribution is -2.33. The van der Waals surface area contributed by atoms with Gasteiger partial charge in [-0.15, -0.1) is 0 Å². The van der Waals surface area contributed by atoms with Gasteiger partial charge in [0.15, 0.2) is 0 Å². The van der Waals surface area contributed by atoms with Crippen molar-refractivity contribution in [3.05, 3.63) is 69.9 Å². The molecule has 3 rings (SSSR count). The van der Waals surface area contributed by atoms with E-state index in [1.54, 1.807) is 25.1 Å². The van der Waals surface area contributed by atoms with E-state index in [9.17, 15) is 19.1 Å². The molecular formula is C23H24FN3O5. The third-order valence-electron chi connectivity index (χ3n) is 4.92. The van der Waals surface area contributed by atoms with Crippen molar-refractivity contribution in [1.82, 2.24) is 9.55 Å². The standard InChI is InChI=1S/C23H24FN3O5/c1-14-18(10-11-28)23(30)27(22(25-14)15-4-6-16(24)7-5-15)13-21(29)26-19-12-17(31-2)8-9-20(19)32-3/h4-9,12,28H,10-11,13H2,1-3H3,(H,26,29). The summed E-state index contributed by atoms with van der Waals surface area (Å²) in [5.74, 6) is 0.240. The van der Waals surface area contributed by atoms with Crippen molar-refractivity contribution in [3.8, 4) is 22.9 Å². The van der Waals surface area contributed by atoms with E-state index in [0.29, 0.717) is 34.0 Å². The molecule has 0 atom stereocenters. The van der Waals surface area contributed by atoms with E-state index in [0.717, 1.165) is 0 Å². The van der Waals surface area contributed by atoms with Gasteiger partial charge < -0.3 is 19.9 Å². The second-order valence-electron chi connectivity index (χ2n) is 6.99. The molecule has 9 heteroatoms. The molecule has 2 N–H and O–H groups in total. The second kappa shape index (κ2) is 10.1. The molecule has 0 saturated heterocycles. The van der Waals surface area contributed by atoms with Crippen LogP contribution in [0.5, 0.6) is 11.5 Å². The fraction of sp³-hybridized carbons (Fsp3) is 0.261. The van der Waals surface area contributed by atoms with Gasteiger partial charge in [0.1, 0.15) is 29.7 Å². The fourth-order valence-corrected chi connectivity index (χ4v) is 3.31. The van der Waals surface area contributed by atoms with Gasteiger partial charge in [0.25, 0.3) is 5.56 Å². The molecule has 0 aliphatic heterocycles. The molecule has 32 heavy (non-hydrogen) atoms. The minimum Gasteiger partial charge on any atom is -0.497 e. The van der Waals surface area contributed by atoms with Crippen LogP contribution in [-0.4, -0.2) is 41.4 Å². The summed E-state index contributed by atoms with van der Waals surface area (Å²) in [6.07, 6.45) is 0.104. The monoisotopic (exact) mass is 441 g/mol. The van der Waals surface area contributed by atoms with E-state index in [1.165, 1.54) is 43.1 Å². The Morgan fingerprint density at radius 2 is 1.88 bits per heavy atom. The van der Waals surface area contributed by atoms with Crippen LogP contribution in [0.15, 0.2) is 47.3 Å². The summed E-state index contributed by atoms with van der Waals surface area (Å²) in [6, 6.07) is 10.4. The number of carbonyl (C=O) groups is 1. The molecule has 168 valence electrons. The Labute approximate surface area is 184 Å². The number of amides is 1. The number of aliphatic hydroxyl groups excluding tert-OH is 1. The first-order chi connectivity index (χ1) is 15.4. The summed E-state index contributed by atoms with van der Waals surface area (Å²) in [6.45, 7) is 1.07. The summed E-state index contributed by atoms with van der Waals surface area (Å²) < 4.78 is 25.1. The van der Waals surface area contributed by atoms with E-state index in [2.05, 4.69) is 10.3 Å². The lowest BCUT2D eigenvalue weighted by Gasteiger charge is -2.17. The number of carbonyl (C=O) groups excluding carboxylic acids is 1. The Bertz CT molecular complexity index is 1180. The van der Waals surface area contributed by atoms with Crippen molar-refractivity contribution in [2.75, 3.05) is 26.1 Å². The van der Waals surface area contributed by atoms with E-state index < -0.39 is 17.3 Å². The Balaban J connectivity index is 2.02. The number of aliphatic hydroxyl groups is 1. The Morgan fingerprint density at radius 3 is 2.50 bits per heavy atom. The van der Waals surface area contributed by atoms with Gasteiger partial charge in [-0.05, 0) is 43.3 Å². The predicted octanol–water partition coefficient (Wildman–Crippen LogP) is 2.55. The van der Waals surface area contributed by atoms with Gasteiger partial charge in [0.2, 0.25) is 5.91 Å². The van der Waals surface area contributed by atoms with Crippen molar-refractivity contribution in [1.29, 1.82) is 0 Å². The summed E-state index contributed by atoms with van der Waals surface area (Å²) in [7, 11) is 2.97. The fourth-order valence-electron chi connectivity index (χ4n) is 3.31. The molecular weight excluding hydrogens is 417 g/mol. The molecule has 1 heterocycles. The zero-order valence-electron chi connectivity index (χ0n) is 18.0. The van der Waals surface area contributed by atoms with Gasteiger partial charge >= 0.3 is 0 Å². The number of anilines is 1. The SMILES string of the molecule is COc1ccc(OC)c(NC(=O)Cn2c(-c3ccc(F)cc3)nc(C)c(CCO)c2=O)c1. The number of benzene rings is 2. The molecule has 8 nitrogen and oxygen atoms in total. The summed E-state index contributed by atoms with van der Waals surface area (Å²) >= 11 is 0.